The van der Waals surface area contributed by atoms with Gasteiger partial charge in [0.25, 0.3) is 0 Å². The number of aromatic nitrogens is 2. The summed E-state index contributed by atoms with van der Waals surface area (Å²) in [5, 5.41) is 24.8. The van der Waals surface area contributed by atoms with E-state index in [-0.39, 0.29) is 6.10 Å². The first-order valence-corrected chi connectivity index (χ1v) is 8.33. The zero-order chi connectivity index (χ0) is 16.1. The molecule has 0 radical (unpaired) electrons. The van der Waals surface area contributed by atoms with Crippen LogP contribution in [0.25, 0.3) is 0 Å². The molecule has 1 aliphatic heterocycles. The Morgan fingerprint density at radius 3 is 2.43 bits per heavy atom. The zero-order valence-corrected chi connectivity index (χ0v) is 13.3. The van der Waals surface area contributed by atoms with E-state index in [0.717, 1.165) is 31.5 Å². The highest BCUT2D eigenvalue weighted by Gasteiger charge is 2.26. The third kappa shape index (κ3) is 4.41. The number of rotatable bonds is 6. The molecule has 1 aromatic carbocycles. The SMILES string of the molecule is O[C@@H](CN1CCC([C@H](O)c2ccccc2)CC1)Cn1cccn1. The summed E-state index contributed by atoms with van der Waals surface area (Å²) in [5.41, 5.74) is 1.00. The highest BCUT2D eigenvalue weighted by molar-refractivity contribution is 5.18. The van der Waals surface area contributed by atoms with Crippen LogP contribution < -0.4 is 0 Å². The van der Waals surface area contributed by atoms with Crippen molar-refractivity contribution in [3.63, 3.8) is 0 Å². The standard InChI is InChI=1S/C18H25N3O2/c22-17(14-21-10-4-9-19-21)13-20-11-7-16(8-12-20)18(23)15-5-2-1-3-6-15/h1-6,9-10,16-18,22-23H,7-8,11-14H2/t17-,18+/m0/s1. The van der Waals surface area contributed by atoms with E-state index in [1.165, 1.54) is 0 Å². The molecule has 2 atom stereocenters. The summed E-state index contributed by atoms with van der Waals surface area (Å²) < 4.78 is 1.76. The summed E-state index contributed by atoms with van der Waals surface area (Å²) in [5.74, 6) is 0.303. The third-order valence-corrected chi connectivity index (χ3v) is 4.65. The van der Waals surface area contributed by atoms with Crippen molar-refractivity contribution in [2.45, 2.75) is 31.6 Å². The van der Waals surface area contributed by atoms with Gasteiger partial charge in [-0.3, -0.25) is 4.68 Å². The number of aliphatic hydroxyl groups excluding tert-OH is 2. The van der Waals surface area contributed by atoms with Crippen LogP contribution >= 0.6 is 0 Å². The average molecular weight is 315 g/mol. The van der Waals surface area contributed by atoms with Crippen LogP contribution in [0.3, 0.4) is 0 Å². The topological polar surface area (TPSA) is 61.5 Å². The molecule has 124 valence electrons. The summed E-state index contributed by atoms with van der Waals surface area (Å²) in [6.45, 7) is 3.03. The number of benzene rings is 1. The van der Waals surface area contributed by atoms with Crippen LogP contribution in [0.15, 0.2) is 48.8 Å². The first-order valence-electron chi connectivity index (χ1n) is 8.33. The molecule has 0 unspecified atom stereocenters. The number of nitrogens with zero attached hydrogens (tertiary/aromatic N) is 3. The van der Waals surface area contributed by atoms with Gasteiger partial charge in [-0.2, -0.15) is 5.10 Å². The third-order valence-electron chi connectivity index (χ3n) is 4.65. The second-order valence-electron chi connectivity index (χ2n) is 6.38. The monoisotopic (exact) mass is 315 g/mol. The zero-order valence-electron chi connectivity index (χ0n) is 13.3. The van der Waals surface area contributed by atoms with Gasteiger partial charge in [-0.1, -0.05) is 30.3 Å². The molecule has 1 aliphatic rings. The van der Waals surface area contributed by atoms with Gasteiger partial charge in [0.2, 0.25) is 0 Å². The molecule has 0 amide bonds. The van der Waals surface area contributed by atoms with E-state index in [9.17, 15) is 10.2 Å². The minimum absolute atomic E-state index is 0.303. The molecule has 2 heterocycles. The van der Waals surface area contributed by atoms with E-state index in [4.69, 9.17) is 0 Å². The summed E-state index contributed by atoms with van der Waals surface area (Å²) in [7, 11) is 0. The highest BCUT2D eigenvalue weighted by Crippen LogP contribution is 2.30. The second kappa shape index (κ2) is 7.73. The van der Waals surface area contributed by atoms with E-state index < -0.39 is 6.10 Å². The molecule has 0 spiro atoms. The predicted octanol–water partition coefficient (Wildman–Crippen LogP) is 1.69. The van der Waals surface area contributed by atoms with E-state index >= 15 is 0 Å². The van der Waals surface area contributed by atoms with Crippen molar-refractivity contribution >= 4 is 0 Å². The lowest BCUT2D eigenvalue weighted by Crippen LogP contribution is -2.41. The quantitative estimate of drug-likeness (QED) is 0.851. The van der Waals surface area contributed by atoms with Crippen LogP contribution in [0.4, 0.5) is 0 Å². The molecule has 23 heavy (non-hydrogen) atoms. The van der Waals surface area contributed by atoms with E-state index in [1.54, 1.807) is 10.9 Å². The van der Waals surface area contributed by atoms with Crippen molar-refractivity contribution in [1.29, 1.82) is 0 Å². The minimum Gasteiger partial charge on any atom is -0.390 e. The lowest BCUT2D eigenvalue weighted by molar-refractivity contribution is 0.0358. The smallest absolute Gasteiger partial charge is 0.0862 e. The Balaban J connectivity index is 1.45. The van der Waals surface area contributed by atoms with Gasteiger partial charge < -0.3 is 15.1 Å². The molecule has 3 rings (SSSR count). The molecular weight excluding hydrogens is 290 g/mol. The fourth-order valence-corrected chi connectivity index (χ4v) is 3.35. The minimum atomic E-state index is -0.412. The van der Waals surface area contributed by atoms with Gasteiger partial charge in [0.05, 0.1) is 18.8 Å². The molecule has 1 aromatic heterocycles. The number of hydrogen-bond donors (Lipinski definition) is 2. The largest absolute Gasteiger partial charge is 0.390 e. The van der Waals surface area contributed by atoms with Crippen molar-refractivity contribution in [2.24, 2.45) is 5.92 Å². The fraction of sp³-hybridized carbons (Fsp3) is 0.500. The maximum Gasteiger partial charge on any atom is 0.0862 e. The van der Waals surface area contributed by atoms with Crippen LogP contribution in [-0.4, -0.2) is 50.6 Å². The average Bonchev–Trinajstić information content (AvgIpc) is 3.08. The Morgan fingerprint density at radius 1 is 1.04 bits per heavy atom. The maximum absolute atomic E-state index is 10.5. The Hall–Kier alpha value is -1.69. The molecule has 2 aromatic rings. The van der Waals surface area contributed by atoms with Crippen LogP contribution in [0.5, 0.6) is 0 Å². The normalized spacial score (nSPS) is 19.6. The lowest BCUT2D eigenvalue weighted by Gasteiger charge is -2.35. The van der Waals surface area contributed by atoms with Crippen molar-refractivity contribution in [2.75, 3.05) is 19.6 Å². The number of aliphatic hydroxyl groups is 2. The Morgan fingerprint density at radius 2 is 1.78 bits per heavy atom. The molecule has 0 bridgehead atoms. The number of likely N-dealkylation sites (tertiary alicyclic amines) is 1. The van der Waals surface area contributed by atoms with Gasteiger partial charge in [0.15, 0.2) is 0 Å². The lowest BCUT2D eigenvalue weighted by atomic mass is 9.87. The summed E-state index contributed by atoms with van der Waals surface area (Å²) in [6.07, 6.45) is 4.72. The second-order valence-corrected chi connectivity index (χ2v) is 6.38. The van der Waals surface area contributed by atoms with Crippen molar-refractivity contribution < 1.29 is 10.2 Å². The Kier molecular flexibility index (Phi) is 5.43. The van der Waals surface area contributed by atoms with Crippen LogP contribution in [0.2, 0.25) is 0 Å². The first-order chi connectivity index (χ1) is 11.2. The van der Waals surface area contributed by atoms with Crippen LogP contribution in [0.1, 0.15) is 24.5 Å². The van der Waals surface area contributed by atoms with E-state index in [1.807, 2.05) is 42.6 Å². The molecule has 5 heteroatoms. The van der Waals surface area contributed by atoms with Gasteiger partial charge in [0.1, 0.15) is 0 Å². The van der Waals surface area contributed by atoms with Gasteiger partial charge in [-0.05, 0) is 43.5 Å². The van der Waals surface area contributed by atoms with Crippen molar-refractivity contribution in [1.82, 2.24) is 14.7 Å². The molecule has 0 saturated carbocycles. The fourth-order valence-electron chi connectivity index (χ4n) is 3.35. The van der Waals surface area contributed by atoms with Crippen molar-refractivity contribution in [3.8, 4) is 0 Å². The molecular formula is C18H25N3O2. The highest BCUT2D eigenvalue weighted by atomic mass is 16.3. The molecule has 1 fully saturated rings. The van der Waals surface area contributed by atoms with Gasteiger partial charge >= 0.3 is 0 Å². The molecule has 2 N–H and O–H groups in total. The summed E-state index contributed by atoms with van der Waals surface area (Å²) >= 11 is 0. The Labute approximate surface area is 137 Å². The van der Waals surface area contributed by atoms with Crippen LogP contribution in [0, 0.1) is 5.92 Å². The molecule has 0 aliphatic carbocycles. The van der Waals surface area contributed by atoms with Crippen molar-refractivity contribution in [3.05, 3.63) is 54.4 Å². The number of hydrogen-bond acceptors (Lipinski definition) is 4. The molecule has 5 nitrogen and oxygen atoms in total. The summed E-state index contributed by atoms with van der Waals surface area (Å²) in [6, 6.07) is 11.8. The molecule has 1 saturated heterocycles. The predicted molar refractivity (Wildman–Crippen MR) is 88.8 cm³/mol. The first kappa shape index (κ1) is 16.2. The van der Waals surface area contributed by atoms with E-state index in [0.29, 0.717) is 19.0 Å². The van der Waals surface area contributed by atoms with Gasteiger partial charge in [-0.15, -0.1) is 0 Å². The summed E-state index contributed by atoms with van der Waals surface area (Å²) in [4.78, 5) is 2.28. The van der Waals surface area contributed by atoms with Gasteiger partial charge in [-0.25, -0.2) is 0 Å². The number of β-amino-alcohol motifs (C(OH)–C–C–N with tert-alkyl or cyclic N) is 1. The Bertz CT molecular complexity index is 565. The maximum atomic E-state index is 10.5. The van der Waals surface area contributed by atoms with E-state index in [2.05, 4.69) is 10.00 Å². The van der Waals surface area contributed by atoms with Crippen LogP contribution in [-0.2, 0) is 6.54 Å². The number of piperidine rings is 1. The van der Waals surface area contributed by atoms with Gasteiger partial charge in [0, 0.05) is 18.9 Å².